The first-order valence-corrected chi connectivity index (χ1v) is 5.23. The maximum absolute atomic E-state index is 10.7. The van der Waals surface area contributed by atoms with Crippen LogP contribution in [0.4, 0.5) is 4.79 Å². The van der Waals surface area contributed by atoms with E-state index < -0.39 is 11.8 Å². The average molecular weight is 200 g/mol. The molecule has 1 aliphatic heterocycles. The second kappa shape index (κ2) is 3.77. The van der Waals surface area contributed by atoms with Gasteiger partial charge in [-0.05, 0) is 32.1 Å². The fourth-order valence-electron chi connectivity index (χ4n) is 2.69. The predicted molar refractivity (Wildman–Crippen MR) is 49.2 cm³/mol. The zero-order chi connectivity index (χ0) is 10.0. The van der Waals surface area contributed by atoms with E-state index in [9.17, 15) is 4.79 Å². The summed E-state index contributed by atoms with van der Waals surface area (Å²) < 4.78 is 10.4. The molecule has 1 unspecified atom stereocenters. The maximum atomic E-state index is 10.7. The largest absolute Gasteiger partial charge is 0.506 e. The fourth-order valence-corrected chi connectivity index (χ4v) is 2.69. The van der Waals surface area contributed by atoms with E-state index in [0.29, 0.717) is 6.61 Å². The minimum Gasteiger partial charge on any atom is -0.450 e. The molecule has 1 saturated carbocycles. The first-order valence-electron chi connectivity index (χ1n) is 5.23. The van der Waals surface area contributed by atoms with Crippen LogP contribution in [0.1, 0.15) is 32.1 Å². The summed E-state index contributed by atoms with van der Waals surface area (Å²) in [4.78, 5) is 10.7. The number of ether oxygens (including phenoxy) is 2. The highest BCUT2D eigenvalue weighted by Gasteiger charge is 2.46. The molecule has 0 bridgehead atoms. The molecule has 2 aliphatic rings. The minimum absolute atomic E-state index is 0.279. The Labute approximate surface area is 83.2 Å². The van der Waals surface area contributed by atoms with Crippen LogP contribution in [0.15, 0.2) is 0 Å². The topological polar surface area (TPSA) is 55.8 Å². The third-order valence-corrected chi connectivity index (χ3v) is 3.41. The van der Waals surface area contributed by atoms with Gasteiger partial charge in [-0.25, -0.2) is 4.79 Å². The molecule has 1 saturated heterocycles. The van der Waals surface area contributed by atoms with E-state index >= 15 is 0 Å². The van der Waals surface area contributed by atoms with Crippen LogP contribution in [0, 0.1) is 5.92 Å². The Balaban J connectivity index is 2.08. The van der Waals surface area contributed by atoms with Crippen molar-refractivity contribution in [1.29, 1.82) is 0 Å². The monoisotopic (exact) mass is 200 g/mol. The molecule has 0 radical (unpaired) electrons. The molecule has 1 atom stereocenters. The van der Waals surface area contributed by atoms with E-state index in [4.69, 9.17) is 14.6 Å². The second-order valence-corrected chi connectivity index (χ2v) is 4.20. The summed E-state index contributed by atoms with van der Waals surface area (Å²) >= 11 is 0. The predicted octanol–water partition coefficient (Wildman–Crippen LogP) is 2.03. The fraction of sp³-hybridized carbons (Fsp3) is 0.900. The smallest absolute Gasteiger partial charge is 0.450 e. The number of rotatable bonds is 2. The highest BCUT2D eigenvalue weighted by molar-refractivity contribution is 5.57. The van der Waals surface area contributed by atoms with Gasteiger partial charge in [-0.1, -0.05) is 0 Å². The molecule has 4 nitrogen and oxygen atoms in total. The number of carboxylic acid groups (broad SMARTS) is 1. The summed E-state index contributed by atoms with van der Waals surface area (Å²) in [5.41, 5.74) is -0.428. The lowest BCUT2D eigenvalue weighted by atomic mass is 9.85. The van der Waals surface area contributed by atoms with Gasteiger partial charge in [0.1, 0.15) is 5.60 Å². The highest BCUT2D eigenvalue weighted by atomic mass is 16.7. The molecule has 4 heteroatoms. The van der Waals surface area contributed by atoms with Gasteiger partial charge in [0.25, 0.3) is 0 Å². The maximum Gasteiger partial charge on any atom is 0.506 e. The third kappa shape index (κ3) is 1.71. The van der Waals surface area contributed by atoms with Gasteiger partial charge in [-0.3, -0.25) is 0 Å². The summed E-state index contributed by atoms with van der Waals surface area (Å²) in [7, 11) is 0. The first kappa shape index (κ1) is 9.77. The van der Waals surface area contributed by atoms with Gasteiger partial charge in [0.2, 0.25) is 0 Å². The van der Waals surface area contributed by atoms with Crippen LogP contribution in [0.25, 0.3) is 0 Å². The zero-order valence-electron chi connectivity index (χ0n) is 8.20. The molecular formula is C10H16O4. The van der Waals surface area contributed by atoms with E-state index in [2.05, 4.69) is 0 Å². The van der Waals surface area contributed by atoms with Crippen molar-refractivity contribution in [2.75, 3.05) is 13.2 Å². The van der Waals surface area contributed by atoms with Gasteiger partial charge in [0, 0.05) is 12.5 Å². The molecule has 0 spiro atoms. The van der Waals surface area contributed by atoms with Crippen molar-refractivity contribution >= 4 is 6.16 Å². The lowest BCUT2D eigenvalue weighted by Crippen LogP contribution is -2.40. The third-order valence-electron chi connectivity index (χ3n) is 3.41. The summed E-state index contributed by atoms with van der Waals surface area (Å²) in [5, 5.41) is 8.74. The Morgan fingerprint density at radius 1 is 1.43 bits per heavy atom. The molecule has 2 rings (SSSR count). The molecule has 0 aromatic rings. The van der Waals surface area contributed by atoms with E-state index in [1.807, 2.05) is 0 Å². The Morgan fingerprint density at radius 3 is 2.64 bits per heavy atom. The Morgan fingerprint density at radius 2 is 2.14 bits per heavy atom. The molecule has 14 heavy (non-hydrogen) atoms. The number of hydrogen-bond donors (Lipinski definition) is 1. The van der Waals surface area contributed by atoms with Crippen LogP contribution < -0.4 is 0 Å². The first-order chi connectivity index (χ1) is 6.73. The Hall–Kier alpha value is -0.770. The zero-order valence-corrected chi connectivity index (χ0v) is 8.20. The summed E-state index contributed by atoms with van der Waals surface area (Å²) in [6.45, 7) is 1.41. The molecule has 0 amide bonds. The highest BCUT2D eigenvalue weighted by Crippen LogP contribution is 2.42. The van der Waals surface area contributed by atoms with Crippen molar-refractivity contribution < 1.29 is 19.4 Å². The van der Waals surface area contributed by atoms with Crippen LogP contribution in [-0.4, -0.2) is 30.1 Å². The number of carbonyl (C=O) groups is 1. The quantitative estimate of drug-likeness (QED) is 0.693. The van der Waals surface area contributed by atoms with Crippen molar-refractivity contribution in [3.63, 3.8) is 0 Å². The van der Waals surface area contributed by atoms with Gasteiger partial charge in [0.05, 0.1) is 6.61 Å². The number of hydrogen-bond acceptors (Lipinski definition) is 3. The molecule has 0 aromatic carbocycles. The van der Waals surface area contributed by atoms with E-state index in [-0.39, 0.29) is 5.92 Å². The molecule has 80 valence electrons. The lowest BCUT2D eigenvalue weighted by Gasteiger charge is -2.32. The lowest BCUT2D eigenvalue weighted by molar-refractivity contribution is -0.0542. The van der Waals surface area contributed by atoms with Gasteiger partial charge >= 0.3 is 6.16 Å². The van der Waals surface area contributed by atoms with Crippen molar-refractivity contribution in [2.45, 2.75) is 37.7 Å². The van der Waals surface area contributed by atoms with Gasteiger partial charge in [-0.2, -0.15) is 0 Å². The van der Waals surface area contributed by atoms with Crippen molar-refractivity contribution in [3.8, 4) is 0 Å². The summed E-state index contributed by atoms with van der Waals surface area (Å²) in [6, 6.07) is 0. The van der Waals surface area contributed by atoms with Crippen LogP contribution in [0.5, 0.6) is 0 Å². The van der Waals surface area contributed by atoms with E-state index in [1.165, 1.54) is 0 Å². The van der Waals surface area contributed by atoms with Crippen LogP contribution in [0.2, 0.25) is 0 Å². The van der Waals surface area contributed by atoms with Gasteiger partial charge < -0.3 is 14.6 Å². The normalized spacial score (nSPS) is 30.4. The average Bonchev–Trinajstić information content (AvgIpc) is 2.69. The molecule has 1 N–H and O–H groups in total. The van der Waals surface area contributed by atoms with Gasteiger partial charge in [0.15, 0.2) is 0 Å². The Bertz CT molecular complexity index is 214. The molecule has 1 heterocycles. The minimum atomic E-state index is -1.14. The van der Waals surface area contributed by atoms with Crippen molar-refractivity contribution in [1.82, 2.24) is 0 Å². The summed E-state index contributed by atoms with van der Waals surface area (Å²) in [6.07, 6.45) is 3.68. The SMILES string of the molecule is O=C(O)OC1(C2CCOC2)CCCC1. The van der Waals surface area contributed by atoms with Crippen LogP contribution in [-0.2, 0) is 9.47 Å². The van der Waals surface area contributed by atoms with Crippen molar-refractivity contribution in [3.05, 3.63) is 0 Å². The molecule has 1 aliphatic carbocycles. The molecule has 0 aromatic heterocycles. The Kier molecular flexibility index (Phi) is 2.63. The molecular weight excluding hydrogens is 184 g/mol. The van der Waals surface area contributed by atoms with Crippen LogP contribution >= 0.6 is 0 Å². The summed E-state index contributed by atoms with van der Waals surface area (Å²) in [5.74, 6) is 0.279. The van der Waals surface area contributed by atoms with E-state index in [0.717, 1.165) is 38.7 Å². The van der Waals surface area contributed by atoms with Gasteiger partial charge in [-0.15, -0.1) is 0 Å². The molecule has 2 fully saturated rings. The van der Waals surface area contributed by atoms with E-state index in [1.54, 1.807) is 0 Å². The van der Waals surface area contributed by atoms with Crippen molar-refractivity contribution in [2.24, 2.45) is 5.92 Å². The second-order valence-electron chi connectivity index (χ2n) is 4.20. The standard InChI is InChI=1S/C10H16O4/c11-9(12)14-10(4-1-2-5-10)8-3-6-13-7-8/h8H,1-7H2,(H,11,12). The van der Waals surface area contributed by atoms with Crippen LogP contribution in [0.3, 0.4) is 0 Å².